The van der Waals surface area contributed by atoms with Crippen molar-refractivity contribution in [2.24, 2.45) is 0 Å². The second kappa shape index (κ2) is 5.08. The van der Waals surface area contributed by atoms with E-state index in [1.54, 1.807) is 12.1 Å². The minimum Gasteiger partial charge on any atom is -0.398 e. The minimum absolute atomic E-state index is 0.000784. The molecule has 102 valence electrons. The van der Waals surface area contributed by atoms with Crippen LogP contribution in [0.4, 0.5) is 18.9 Å². The Balaban J connectivity index is 2.14. The van der Waals surface area contributed by atoms with Crippen LogP contribution in [0.1, 0.15) is 12.2 Å². The molecule has 0 bridgehead atoms. The second-order valence-electron chi connectivity index (χ2n) is 3.87. The van der Waals surface area contributed by atoms with Crippen LogP contribution in [0.2, 0.25) is 5.02 Å². The van der Waals surface area contributed by atoms with E-state index in [4.69, 9.17) is 21.9 Å². The molecular weight excluding hydrogens is 283 g/mol. The Bertz CT molecular complexity index is 583. The van der Waals surface area contributed by atoms with Gasteiger partial charge in [-0.1, -0.05) is 16.8 Å². The molecule has 0 spiro atoms. The number of alkyl halides is 3. The van der Waals surface area contributed by atoms with E-state index in [0.29, 0.717) is 16.3 Å². The zero-order valence-corrected chi connectivity index (χ0v) is 10.3. The third-order valence-electron chi connectivity index (χ3n) is 2.34. The number of aryl methyl sites for hydroxylation is 1. The Morgan fingerprint density at radius 2 is 2.05 bits per heavy atom. The quantitative estimate of drug-likeness (QED) is 0.880. The summed E-state index contributed by atoms with van der Waals surface area (Å²) < 4.78 is 41.0. The van der Waals surface area contributed by atoms with E-state index in [-0.39, 0.29) is 18.1 Å². The molecule has 0 aliphatic heterocycles. The summed E-state index contributed by atoms with van der Waals surface area (Å²) in [5.41, 5.74) is 6.45. The molecule has 2 aromatic rings. The van der Waals surface area contributed by atoms with E-state index >= 15 is 0 Å². The molecule has 2 N–H and O–H groups in total. The minimum atomic E-state index is -4.24. The molecule has 1 heterocycles. The van der Waals surface area contributed by atoms with Gasteiger partial charge in [0.2, 0.25) is 0 Å². The van der Waals surface area contributed by atoms with Gasteiger partial charge < -0.3 is 10.3 Å². The van der Waals surface area contributed by atoms with Crippen LogP contribution in [-0.4, -0.2) is 16.3 Å². The molecular formula is C11H9ClF3N3O. The average Bonchev–Trinajstić information content (AvgIpc) is 2.78. The highest BCUT2D eigenvalue weighted by Crippen LogP contribution is 2.26. The molecule has 8 heteroatoms. The summed E-state index contributed by atoms with van der Waals surface area (Å²) in [5.74, 6) is 0.112. The number of hydrogen-bond acceptors (Lipinski definition) is 4. The molecule has 2 rings (SSSR count). The van der Waals surface area contributed by atoms with Crippen molar-refractivity contribution in [2.75, 3.05) is 5.73 Å². The molecule has 0 atom stereocenters. The van der Waals surface area contributed by atoms with Crippen molar-refractivity contribution in [1.29, 1.82) is 0 Å². The Hall–Kier alpha value is -1.76. The van der Waals surface area contributed by atoms with Gasteiger partial charge in [-0.2, -0.15) is 18.2 Å². The fourth-order valence-electron chi connectivity index (χ4n) is 1.40. The molecule has 0 saturated heterocycles. The number of hydrogen-bond donors (Lipinski definition) is 1. The summed E-state index contributed by atoms with van der Waals surface area (Å²) in [4.78, 5) is 3.88. The molecule has 19 heavy (non-hydrogen) atoms. The topological polar surface area (TPSA) is 64.9 Å². The van der Waals surface area contributed by atoms with Gasteiger partial charge in [0.15, 0.2) is 5.82 Å². The predicted molar refractivity (Wildman–Crippen MR) is 63.5 cm³/mol. The Kier molecular flexibility index (Phi) is 3.66. The van der Waals surface area contributed by atoms with Gasteiger partial charge >= 0.3 is 6.18 Å². The molecule has 0 saturated carbocycles. The van der Waals surface area contributed by atoms with Gasteiger partial charge in [0.1, 0.15) is 0 Å². The predicted octanol–water partition coefficient (Wildman–Crippen LogP) is 3.47. The van der Waals surface area contributed by atoms with E-state index in [1.165, 1.54) is 6.07 Å². The van der Waals surface area contributed by atoms with Crippen LogP contribution in [0.5, 0.6) is 0 Å². The maximum absolute atomic E-state index is 12.1. The largest absolute Gasteiger partial charge is 0.398 e. The molecule has 0 unspecified atom stereocenters. The fraction of sp³-hybridized carbons (Fsp3) is 0.273. The molecule has 1 aromatic carbocycles. The van der Waals surface area contributed by atoms with Crippen molar-refractivity contribution in [2.45, 2.75) is 19.0 Å². The molecule has 4 nitrogen and oxygen atoms in total. The van der Waals surface area contributed by atoms with Crippen molar-refractivity contribution >= 4 is 17.3 Å². The monoisotopic (exact) mass is 291 g/mol. The third kappa shape index (κ3) is 3.60. The van der Waals surface area contributed by atoms with Gasteiger partial charge in [-0.15, -0.1) is 0 Å². The number of halogens is 4. The highest BCUT2D eigenvalue weighted by Gasteiger charge is 2.27. The van der Waals surface area contributed by atoms with Gasteiger partial charge in [0.05, 0.1) is 17.1 Å². The first-order valence-electron chi connectivity index (χ1n) is 5.30. The smallest absolute Gasteiger partial charge is 0.389 e. The maximum Gasteiger partial charge on any atom is 0.389 e. The first-order chi connectivity index (χ1) is 8.85. The van der Waals surface area contributed by atoms with Gasteiger partial charge in [-0.3, -0.25) is 0 Å². The number of aromatic nitrogens is 2. The molecule has 1 aromatic heterocycles. The van der Waals surface area contributed by atoms with Crippen molar-refractivity contribution in [1.82, 2.24) is 10.1 Å². The van der Waals surface area contributed by atoms with Crippen molar-refractivity contribution in [3.8, 4) is 11.5 Å². The first-order valence-corrected chi connectivity index (χ1v) is 5.68. The van der Waals surface area contributed by atoms with Gasteiger partial charge in [-0.05, 0) is 18.2 Å². The van der Waals surface area contributed by atoms with E-state index in [2.05, 4.69) is 10.1 Å². The van der Waals surface area contributed by atoms with E-state index in [9.17, 15) is 13.2 Å². The van der Waals surface area contributed by atoms with Gasteiger partial charge in [0, 0.05) is 12.0 Å². The Labute approximate surface area is 111 Å². The average molecular weight is 292 g/mol. The number of anilines is 1. The summed E-state index contributed by atoms with van der Waals surface area (Å²) >= 11 is 5.76. The van der Waals surface area contributed by atoms with Crippen LogP contribution in [-0.2, 0) is 6.42 Å². The highest BCUT2D eigenvalue weighted by atomic mass is 35.5. The fourth-order valence-corrected chi connectivity index (χ4v) is 1.52. The summed E-state index contributed by atoms with van der Waals surface area (Å²) in [5, 5.41) is 3.86. The van der Waals surface area contributed by atoms with Gasteiger partial charge in [-0.25, -0.2) is 0 Å². The van der Waals surface area contributed by atoms with E-state index < -0.39 is 12.6 Å². The number of rotatable bonds is 3. The molecule has 0 aliphatic carbocycles. The summed E-state index contributed by atoms with van der Waals surface area (Å²) in [6, 6.07) is 4.66. The molecule has 0 fully saturated rings. The van der Waals surface area contributed by atoms with Gasteiger partial charge in [0.25, 0.3) is 5.89 Å². The lowest BCUT2D eigenvalue weighted by Gasteiger charge is -2.01. The van der Waals surface area contributed by atoms with Crippen LogP contribution >= 0.6 is 11.6 Å². The SMILES string of the molecule is Nc1cc(-c2nc(CCC(F)(F)F)no2)ccc1Cl. The van der Waals surface area contributed by atoms with E-state index in [0.717, 1.165) is 0 Å². The highest BCUT2D eigenvalue weighted by molar-refractivity contribution is 6.33. The number of nitrogens with two attached hydrogens (primary N) is 1. The van der Waals surface area contributed by atoms with Crippen LogP contribution in [0.3, 0.4) is 0 Å². The van der Waals surface area contributed by atoms with Crippen LogP contribution < -0.4 is 5.73 Å². The lowest BCUT2D eigenvalue weighted by Crippen LogP contribution is -2.09. The first kappa shape index (κ1) is 13.7. The van der Waals surface area contributed by atoms with Crippen molar-refractivity contribution in [3.05, 3.63) is 29.0 Å². The second-order valence-corrected chi connectivity index (χ2v) is 4.27. The normalized spacial score (nSPS) is 11.8. The third-order valence-corrected chi connectivity index (χ3v) is 2.69. The van der Waals surface area contributed by atoms with Crippen molar-refractivity contribution < 1.29 is 17.7 Å². The molecule has 0 aliphatic rings. The number of nitrogens with zero attached hydrogens (tertiary/aromatic N) is 2. The number of nitrogen functional groups attached to an aromatic ring is 1. The van der Waals surface area contributed by atoms with Crippen molar-refractivity contribution in [3.63, 3.8) is 0 Å². The zero-order chi connectivity index (χ0) is 14.0. The summed E-state index contributed by atoms with van der Waals surface area (Å²) in [7, 11) is 0. The Morgan fingerprint density at radius 3 is 2.68 bits per heavy atom. The molecule has 0 radical (unpaired) electrons. The Morgan fingerprint density at radius 1 is 1.32 bits per heavy atom. The lowest BCUT2D eigenvalue weighted by atomic mass is 10.2. The van der Waals surface area contributed by atoms with Crippen LogP contribution in [0.25, 0.3) is 11.5 Å². The lowest BCUT2D eigenvalue weighted by molar-refractivity contribution is -0.134. The van der Waals surface area contributed by atoms with E-state index in [1.807, 2.05) is 0 Å². The summed E-state index contributed by atoms with van der Waals surface area (Å²) in [6.45, 7) is 0. The standard InChI is InChI=1S/C11H9ClF3N3O/c12-7-2-1-6(5-8(7)16)10-17-9(18-19-10)3-4-11(13,14)15/h1-2,5H,3-4,16H2. The maximum atomic E-state index is 12.1. The molecule has 0 amide bonds. The van der Waals surface area contributed by atoms with Crippen LogP contribution in [0.15, 0.2) is 22.7 Å². The number of benzene rings is 1. The summed E-state index contributed by atoms with van der Waals surface area (Å²) in [6.07, 6.45) is -5.56. The van der Waals surface area contributed by atoms with Crippen LogP contribution in [0, 0.1) is 0 Å². The zero-order valence-electron chi connectivity index (χ0n) is 9.54.